The van der Waals surface area contributed by atoms with Crippen molar-refractivity contribution in [2.24, 2.45) is 0 Å². The van der Waals surface area contributed by atoms with Gasteiger partial charge in [-0.1, -0.05) is 22.0 Å². The summed E-state index contributed by atoms with van der Waals surface area (Å²) in [4.78, 5) is 5.43. The number of imidazole rings is 1. The van der Waals surface area contributed by atoms with Crippen LogP contribution in [0, 0.1) is 0 Å². The van der Waals surface area contributed by atoms with E-state index in [1.807, 2.05) is 47.2 Å². The van der Waals surface area contributed by atoms with Crippen LogP contribution in [0.1, 0.15) is 12.6 Å². The second-order valence-electron chi connectivity index (χ2n) is 4.06. The first-order chi connectivity index (χ1) is 9.81. The number of alkyl halides is 1. The number of aromatic nitrogens is 2. The minimum Gasteiger partial charge on any atom is -0.494 e. The molecular weight excluding hydrogens is 340 g/mol. The average molecular weight is 353 g/mol. The predicted molar refractivity (Wildman–Crippen MR) is 83.4 cm³/mol. The molecule has 0 aliphatic carbocycles. The molecule has 0 spiro atoms. The van der Waals surface area contributed by atoms with Crippen molar-refractivity contribution in [2.45, 2.75) is 12.3 Å². The summed E-state index contributed by atoms with van der Waals surface area (Å²) in [5, 5.41) is 2.69. The largest absolute Gasteiger partial charge is 0.494 e. The van der Waals surface area contributed by atoms with Gasteiger partial charge in [0, 0.05) is 23.0 Å². The van der Waals surface area contributed by atoms with E-state index in [0.29, 0.717) is 17.8 Å². The number of hydrogen-bond donors (Lipinski definition) is 0. The van der Waals surface area contributed by atoms with E-state index in [-0.39, 0.29) is 0 Å². The van der Waals surface area contributed by atoms with Crippen LogP contribution >= 0.6 is 27.3 Å². The Morgan fingerprint density at radius 2 is 2.20 bits per heavy atom. The Balaban J connectivity index is 1.92. The fourth-order valence-electron chi connectivity index (χ4n) is 1.92. The highest BCUT2D eigenvalue weighted by atomic mass is 79.9. The van der Waals surface area contributed by atoms with Crippen molar-refractivity contribution in [2.75, 3.05) is 6.61 Å². The summed E-state index contributed by atoms with van der Waals surface area (Å²) in [5.41, 5.74) is 1.00. The monoisotopic (exact) mass is 352 g/mol. The van der Waals surface area contributed by atoms with Crippen LogP contribution in [0.5, 0.6) is 17.4 Å². The van der Waals surface area contributed by atoms with Crippen LogP contribution in [0.25, 0.3) is 4.96 Å². The Labute approximate surface area is 129 Å². The Morgan fingerprint density at radius 3 is 3.00 bits per heavy atom. The van der Waals surface area contributed by atoms with Crippen LogP contribution < -0.4 is 9.47 Å². The number of halogens is 1. The summed E-state index contributed by atoms with van der Waals surface area (Å²) < 4.78 is 13.4. The van der Waals surface area contributed by atoms with Crippen LogP contribution in [0.15, 0.2) is 35.8 Å². The van der Waals surface area contributed by atoms with Gasteiger partial charge < -0.3 is 9.47 Å². The van der Waals surface area contributed by atoms with Gasteiger partial charge >= 0.3 is 0 Å². The molecule has 0 atom stereocenters. The predicted octanol–water partition coefficient (Wildman–Crippen LogP) is 4.48. The minimum absolute atomic E-state index is 0.627. The lowest BCUT2D eigenvalue weighted by molar-refractivity contribution is 0.338. The van der Waals surface area contributed by atoms with E-state index in [9.17, 15) is 0 Å². The molecule has 1 aromatic carbocycles. The fourth-order valence-corrected chi connectivity index (χ4v) is 3.16. The van der Waals surface area contributed by atoms with E-state index in [4.69, 9.17) is 9.47 Å². The van der Waals surface area contributed by atoms with Gasteiger partial charge in [-0.2, -0.15) is 4.98 Å². The van der Waals surface area contributed by atoms with Gasteiger partial charge in [0.05, 0.1) is 12.3 Å². The second kappa shape index (κ2) is 5.85. The van der Waals surface area contributed by atoms with E-state index < -0.39 is 0 Å². The maximum atomic E-state index is 5.90. The number of rotatable bonds is 5. The Morgan fingerprint density at radius 1 is 1.35 bits per heavy atom. The summed E-state index contributed by atoms with van der Waals surface area (Å²) in [5.74, 6) is 2.15. The van der Waals surface area contributed by atoms with E-state index in [1.165, 1.54) is 0 Å². The maximum absolute atomic E-state index is 5.90. The molecule has 104 valence electrons. The molecule has 2 aromatic heterocycles. The molecular formula is C14H13BrN2O2S. The topological polar surface area (TPSA) is 35.8 Å². The van der Waals surface area contributed by atoms with Crippen molar-refractivity contribution < 1.29 is 9.47 Å². The number of fused-ring (bicyclic) bond motifs is 1. The van der Waals surface area contributed by atoms with Crippen molar-refractivity contribution in [1.82, 2.24) is 9.38 Å². The number of ether oxygens (including phenoxy) is 2. The molecule has 0 amide bonds. The molecule has 0 N–H and O–H groups in total. The fraction of sp³-hybridized carbons (Fsp3) is 0.214. The molecule has 6 heteroatoms. The third kappa shape index (κ3) is 2.53. The molecule has 3 aromatic rings. The first-order valence-corrected chi connectivity index (χ1v) is 8.23. The van der Waals surface area contributed by atoms with Gasteiger partial charge in [0.1, 0.15) is 11.5 Å². The van der Waals surface area contributed by atoms with Crippen molar-refractivity contribution in [1.29, 1.82) is 0 Å². The quantitative estimate of drug-likeness (QED) is 0.635. The highest BCUT2D eigenvalue weighted by molar-refractivity contribution is 9.08. The first kappa shape index (κ1) is 13.5. The number of hydrogen-bond acceptors (Lipinski definition) is 4. The summed E-state index contributed by atoms with van der Waals surface area (Å²) in [6.07, 6.45) is 1.99. The zero-order valence-corrected chi connectivity index (χ0v) is 13.3. The third-order valence-corrected chi connectivity index (χ3v) is 4.07. The van der Waals surface area contributed by atoms with Gasteiger partial charge in [0.2, 0.25) is 5.88 Å². The van der Waals surface area contributed by atoms with Gasteiger partial charge in [0.25, 0.3) is 0 Å². The molecule has 0 unspecified atom stereocenters. The number of nitrogens with zero attached hydrogens (tertiary/aromatic N) is 2. The Hall–Kier alpha value is -1.53. The van der Waals surface area contributed by atoms with Crippen LogP contribution in [-0.4, -0.2) is 16.0 Å². The minimum atomic E-state index is 0.627. The normalized spacial score (nSPS) is 10.9. The van der Waals surface area contributed by atoms with Crippen molar-refractivity contribution >= 4 is 32.2 Å². The van der Waals surface area contributed by atoms with Gasteiger partial charge in [-0.3, -0.25) is 4.40 Å². The maximum Gasteiger partial charge on any atom is 0.243 e. The van der Waals surface area contributed by atoms with E-state index in [2.05, 4.69) is 20.9 Å². The lowest BCUT2D eigenvalue weighted by Gasteiger charge is -2.07. The van der Waals surface area contributed by atoms with Crippen molar-refractivity contribution in [3.05, 3.63) is 41.5 Å². The van der Waals surface area contributed by atoms with Crippen molar-refractivity contribution in [3.63, 3.8) is 0 Å². The molecule has 4 nitrogen and oxygen atoms in total. The van der Waals surface area contributed by atoms with Gasteiger partial charge in [-0.05, 0) is 19.1 Å². The lowest BCUT2D eigenvalue weighted by Crippen LogP contribution is -1.93. The highest BCUT2D eigenvalue weighted by Crippen LogP contribution is 2.30. The molecule has 0 bridgehead atoms. The molecule has 0 saturated carbocycles. The SMILES string of the molecule is CCOc1cccc(Oc2nc3sccn3c2CBr)c1. The third-order valence-electron chi connectivity index (χ3n) is 2.78. The standard InChI is InChI=1S/C14H13BrN2O2S/c1-2-18-10-4-3-5-11(8-10)19-13-12(9-15)17-6-7-20-14(17)16-13/h3-8H,2,9H2,1H3. The number of benzene rings is 1. The van der Waals surface area contributed by atoms with Crippen LogP contribution in [0.2, 0.25) is 0 Å². The van der Waals surface area contributed by atoms with Gasteiger partial charge in [0.15, 0.2) is 4.96 Å². The Bertz CT molecular complexity index is 723. The summed E-state index contributed by atoms with van der Waals surface area (Å²) >= 11 is 5.07. The first-order valence-electron chi connectivity index (χ1n) is 6.23. The molecule has 3 rings (SSSR count). The van der Waals surface area contributed by atoms with Gasteiger partial charge in [-0.25, -0.2) is 0 Å². The van der Waals surface area contributed by atoms with Crippen LogP contribution in [-0.2, 0) is 5.33 Å². The molecule has 0 aliphatic rings. The molecule has 20 heavy (non-hydrogen) atoms. The highest BCUT2D eigenvalue weighted by Gasteiger charge is 2.14. The second-order valence-corrected chi connectivity index (χ2v) is 5.50. The summed E-state index contributed by atoms with van der Waals surface area (Å²) in [6, 6.07) is 7.59. The molecule has 2 heterocycles. The zero-order chi connectivity index (χ0) is 13.9. The zero-order valence-electron chi connectivity index (χ0n) is 10.9. The van der Waals surface area contributed by atoms with E-state index in [0.717, 1.165) is 22.2 Å². The summed E-state index contributed by atoms with van der Waals surface area (Å²) in [6.45, 7) is 2.59. The van der Waals surface area contributed by atoms with Crippen molar-refractivity contribution in [3.8, 4) is 17.4 Å². The van der Waals surface area contributed by atoms with Crippen LogP contribution in [0.4, 0.5) is 0 Å². The molecule has 0 fully saturated rings. The van der Waals surface area contributed by atoms with E-state index >= 15 is 0 Å². The molecule has 0 radical (unpaired) electrons. The lowest BCUT2D eigenvalue weighted by atomic mass is 10.3. The molecule has 0 aliphatic heterocycles. The smallest absolute Gasteiger partial charge is 0.243 e. The molecule has 0 saturated heterocycles. The van der Waals surface area contributed by atoms with Gasteiger partial charge in [-0.15, -0.1) is 11.3 Å². The van der Waals surface area contributed by atoms with Crippen LogP contribution in [0.3, 0.4) is 0 Å². The Kier molecular flexibility index (Phi) is 3.93. The summed E-state index contributed by atoms with van der Waals surface area (Å²) in [7, 11) is 0. The number of thiazole rings is 1. The average Bonchev–Trinajstić information content (AvgIpc) is 3.00. The van der Waals surface area contributed by atoms with E-state index in [1.54, 1.807) is 11.3 Å².